The number of hydrogen-bond acceptors (Lipinski definition) is 3. The van der Waals surface area contributed by atoms with Crippen LogP contribution in [0.3, 0.4) is 0 Å². The minimum atomic E-state index is -0.293. The number of fused-ring (bicyclic) bond motifs is 1. The van der Waals surface area contributed by atoms with Crippen molar-refractivity contribution in [2.24, 2.45) is 0 Å². The maximum atomic E-state index is 12.8. The molecule has 0 aliphatic carbocycles. The van der Waals surface area contributed by atoms with Crippen molar-refractivity contribution in [1.29, 1.82) is 0 Å². The summed E-state index contributed by atoms with van der Waals surface area (Å²) in [6, 6.07) is 13.4. The Morgan fingerprint density at radius 1 is 1.11 bits per heavy atom. The van der Waals surface area contributed by atoms with E-state index in [4.69, 9.17) is 0 Å². The van der Waals surface area contributed by atoms with E-state index in [9.17, 15) is 9.59 Å². The lowest BCUT2D eigenvalue weighted by atomic mass is 10.1. The van der Waals surface area contributed by atoms with Gasteiger partial charge in [0.25, 0.3) is 11.8 Å². The van der Waals surface area contributed by atoms with Gasteiger partial charge in [-0.2, -0.15) is 0 Å². The van der Waals surface area contributed by atoms with Crippen molar-refractivity contribution in [1.82, 2.24) is 19.6 Å². The van der Waals surface area contributed by atoms with Crippen molar-refractivity contribution >= 4 is 17.3 Å². The van der Waals surface area contributed by atoms with Crippen LogP contribution < -0.4 is 5.32 Å². The molecule has 27 heavy (non-hydrogen) atoms. The van der Waals surface area contributed by atoms with Crippen molar-refractivity contribution in [2.45, 2.75) is 27.3 Å². The predicted molar refractivity (Wildman–Crippen MR) is 105 cm³/mol. The quantitative estimate of drug-likeness (QED) is 0.731. The molecule has 140 valence electrons. The first-order valence-corrected chi connectivity index (χ1v) is 9.15. The second-order valence-electron chi connectivity index (χ2n) is 6.39. The van der Waals surface area contributed by atoms with Crippen molar-refractivity contribution in [3.63, 3.8) is 0 Å². The number of aryl methyl sites for hydroxylation is 1. The largest absolute Gasteiger partial charge is 0.347 e. The fraction of sp³-hybridized carbons (Fsp3) is 0.286. The number of aromatic nitrogens is 2. The molecule has 6 heteroatoms. The van der Waals surface area contributed by atoms with Crippen LogP contribution in [0, 0.1) is 6.92 Å². The number of amides is 2. The lowest BCUT2D eigenvalue weighted by molar-refractivity contribution is 0.0760. The number of imidazole rings is 1. The first kappa shape index (κ1) is 18.6. The molecule has 2 aromatic heterocycles. The van der Waals surface area contributed by atoms with Gasteiger partial charge in [-0.1, -0.05) is 35.9 Å². The van der Waals surface area contributed by atoms with Gasteiger partial charge in [-0.05, 0) is 38.5 Å². The Hall–Kier alpha value is -3.15. The van der Waals surface area contributed by atoms with E-state index < -0.39 is 0 Å². The van der Waals surface area contributed by atoms with Crippen LogP contribution in [0.15, 0.2) is 48.7 Å². The summed E-state index contributed by atoms with van der Waals surface area (Å²) in [6.45, 7) is 7.45. The van der Waals surface area contributed by atoms with E-state index in [-0.39, 0.29) is 23.3 Å². The number of nitrogens with zero attached hydrogens (tertiary/aromatic N) is 3. The van der Waals surface area contributed by atoms with Crippen LogP contribution >= 0.6 is 0 Å². The van der Waals surface area contributed by atoms with Gasteiger partial charge in [0, 0.05) is 25.8 Å². The molecule has 1 aromatic carbocycles. The van der Waals surface area contributed by atoms with Gasteiger partial charge in [0.2, 0.25) is 5.82 Å². The number of pyridine rings is 1. The fourth-order valence-electron chi connectivity index (χ4n) is 3.10. The highest BCUT2D eigenvalue weighted by Gasteiger charge is 2.23. The molecule has 6 nitrogen and oxygen atoms in total. The van der Waals surface area contributed by atoms with Gasteiger partial charge >= 0.3 is 0 Å². The van der Waals surface area contributed by atoms with Gasteiger partial charge < -0.3 is 10.2 Å². The average molecular weight is 364 g/mol. The van der Waals surface area contributed by atoms with E-state index in [1.807, 2.05) is 57.2 Å². The first-order chi connectivity index (χ1) is 13.0. The molecule has 0 spiro atoms. The Labute approximate surface area is 158 Å². The Morgan fingerprint density at radius 3 is 2.59 bits per heavy atom. The minimum absolute atomic E-state index is 0.182. The monoisotopic (exact) mass is 364 g/mol. The number of carbonyl (C=O) groups excluding carboxylic acids is 2. The summed E-state index contributed by atoms with van der Waals surface area (Å²) in [5.41, 5.74) is 3.04. The molecular weight excluding hydrogens is 340 g/mol. The fourth-order valence-corrected chi connectivity index (χ4v) is 3.10. The Bertz CT molecular complexity index is 973. The van der Waals surface area contributed by atoms with Crippen LogP contribution in [-0.4, -0.2) is 39.2 Å². The minimum Gasteiger partial charge on any atom is -0.347 e. The number of carbonyl (C=O) groups is 2. The SMILES string of the molecule is CCN(CC)C(=O)c1nc(C(=O)NCc2cccc(C)c2)c2ccccn12. The van der Waals surface area contributed by atoms with Crippen molar-refractivity contribution in [2.75, 3.05) is 13.1 Å². The third-order valence-corrected chi connectivity index (χ3v) is 4.54. The predicted octanol–water partition coefficient (Wildman–Crippen LogP) is 3.05. The van der Waals surface area contributed by atoms with E-state index in [0.29, 0.717) is 25.2 Å². The molecule has 0 aliphatic heterocycles. The smallest absolute Gasteiger partial charge is 0.290 e. The molecular formula is C21H24N4O2. The first-order valence-electron chi connectivity index (χ1n) is 9.15. The molecule has 0 unspecified atom stereocenters. The van der Waals surface area contributed by atoms with E-state index >= 15 is 0 Å². The lowest BCUT2D eigenvalue weighted by Crippen LogP contribution is -2.32. The highest BCUT2D eigenvalue weighted by molar-refractivity contribution is 6.02. The molecule has 3 rings (SSSR count). The van der Waals surface area contributed by atoms with E-state index in [1.165, 1.54) is 0 Å². The topological polar surface area (TPSA) is 66.7 Å². The van der Waals surface area contributed by atoms with Crippen LogP contribution in [0.1, 0.15) is 46.1 Å². The Balaban J connectivity index is 1.90. The number of nitrogens with one attached hydrogen (secondary N) is 1. The van der Waals surface area contributed by atoms with Gasteiger partial charge in [0.05, 0.1) is 5.52 Å². The molecule has 2 amide bonds. The van der Waals surface area contributed by atoms with Crippen LogP contribution in [0.5, 0.6) is 0 Å². The molecule has 0 atom stereocenters. The van der Waals surface area contributed by atoms with Crippen LogP contribution in [0.4, 0.5) is 0 Å². The number of benzene rings is 1. The maximum absolute atomic E-state index is 12.8. The van der Waals surface area contributed by atoms with Crippen molar-refractivity contribution in [3.8, 4) is 0 Å². The summed E-state index contributed by atoms with van der Waals surface area (Å²) in [4.78, 5) is 31.6. The molecule has 0 saturated carbocycles. The zero-order chi connectivity index (χ0) is 19.4. The van der Waals surface area contributed by atoms with Gasteiger partial charge in [0.15, 0.2) is 5.69 Å². The number of rotatable bonds is 6. The van der Waals surface area contributed by atoms with Crippen molar-refractivity contribution < 1.29 is 9.59 Å². The molecule has 0 fully saturated rings. The molecule has 0 bridgehead atoms. The van der Waals surface area contributed by atoms with Crippen LogP contribution in [0.2, 0.25) is 0 Å². The van der Waals surface area contributed by atoms with E-state index in [1.54, 1.807) is 21.6 Å². The van der Waals surface area contributed by atoms with Crippen LogP contribution in [-0.2, 0) is 6.54 Å². The second kappa shape index (κ2) is 8.03. The van der Waals surface area contributed by atoms with Crippen molar-refractivity contribution in [3.05, 3.63) is 71.3 Å². The van der Waals surface area contributed by atoms with Gasteiger partial charge in [-0.25, -0.2) is 4.98 Å². The van der Waals surface area contributed by atoms with Gasteiger partial charge in [-0.15, -0.1) is 0 Å². The molecule has 1 N–H and O–H groups in total. The molecule has 0 saturated heterocycles. The summed E-state index contributed by atoms with van der Waals surface area (Å²) < 4.78 is 1.68. The molecule has 0 aliphatic rings. The van der Waals surface area contributed by atoms with Gasteiger partial charge in [-0.3, -0.25) is 14.0 Å². The summed E-state index contributed by atoms with van der Waals surface area (Å²) in [5, 5.41) is 2.90. The Kier molecular flexibility index (Phi) is 5.54. The highest BCUT2D eigenvalue weighted by Crippen LogP contribution is 2.15. The van der Waals surface area contributed by atoms with Gasteiger partial charge in [0.1, 0.15) is 0 Å². The molecule has 3 aromatic rings. The summed E-state index contributed by atoms with van der Waals surface area (Å²) >= 11 is 0. The molecule has 2 heterocycles. The van der Waals surface area contributed by atoms with E-state index in [2.05, 4.69) is 10.3 Å². The normalized spacial score (nSPS) is 10.8. The Morgan fingerprint density at radius 2 is 1.89 bits per heavy atom. The number of hydrogen-bond donors (Lipinski definition) is 1. The summed E-state index contributed by atoms with van der Waals surface area (Å²) in [7, 11) is 0. The zero-order valence-electron chi connectivity index (χ0n) is 15.9. The third kappa shape index (κ3) is 3.84. The van der Waals surface area contributed by atoms with E-state index in [0.717, 1.165) is 11.1 Å². The second-order valence-corrected chi connectivity index (χ2v) is 6.39. The molecule has 0 radical (unpaired) electrons. The zero-order valence-corrected chi connectivity index (χ0v) is 15.9. The highest BCUT2D eigenvalue weighted by atomic mass is 16.2. The summed E-state index contributed by atoms with van der Waals surface area (Å²) in [5.74, 6) is -0.215. The third-order valence-electron chi connectivity index (χ3n) is 4.54. The average Bonchev–Trinajstić information content (AvgIpc) is 3.07. The standard InChI is InChI=1S/C21H24N4O2/c1-4-24(5-2)21(27)19-23-18(17-11-6-7-12-25(17)19)20(26)22-14-16-10-8-9-15(3)13-16/h6-13H,4-5,14H2,1-3H3,(H,22,26). The van der Waals surface area contributed by atoms with Crippen LogP contribution in [0.25, 0.3) is 5.52 Å². The lowest BCUT2D eigenvalue weighted by Gasteiger charge is -2.17. The summed E-state index contributed by atoms with van der Waals surface area (Å²) in [6.07, 6.45) is 1.76. The maximum Gasteiger partial charge on any atom is 0.290 e.